The van der Waals surface area contributed by atoms with Crippen molar-refractivity contribution in [1.29, 1.82) is 0 Å². The number of aromatic nitrogens is 1. The second-order valence-corrected chi connectivity index (χ2v) is 9.78. The molecule has 1 aliphatic heterocycles. The predicted molar refractivity (Wildman–Crippen MR) is 129 cm³/mol. The Balaban J connectivity index is 1.36. The van der Waals surface area contributed by atoms with Crippen molar-refractivity contribution < 1.29 is 14.1 Å². The van der Waals surface area contributed by atoms with Crippen LogP contribution in [0.3, 0.4) is 0 Å². The van der Waals surface area contributed by atoms with E-state index in [1.807, 2.05) is 78.2 Å². The fraction of sp³-hybridized carbons (Fsp3) is 0.292. The summed E-state index contributed by atoms with van der Waals surface area (Å²) in [6, 6.07) is 16.9. The Morgan fingerprint density at radius 2 is 1.88 bits per heavy atom. The number of carbonyl (C=O) groups is 2. The van der Waals surface area contributed by atoms with Gasteiger partial charge in [-0.05, 0) is 36.8 Å². The highest BCUT2D eigenvalue weighted by Gasteiger charge is 2.17. The van der Waals surface area contributed by atoms with Crippen molar-refractivity contribution in [3.63, 3.8) is 0 Å². The van der Waals surface area contributed by atoms with Gasteiger partial charge in [0.2, 0.25) is 5.91 Å². The number of carbonyl (C=O) groups excluding carboxylic acids is 2. The first-order chi connectivity index (χ1) is 15.6. The van der Waals surface area contributed by atoms with Gasteiger partial charge in [0.05, 0.1) is 23.4 Å². The molecule has 166 valence electrons. The van der Waals surface area contributed by atoms with Crippen LogP contribution < -0.4 is 5.32 Å². The third-order valence-electron chi connectivity index (χ3n) is 5.11. The van der Waals surface area contributed by atoms with E-state index in [-0.39, 0.29) is 11.8 Å². The Hall–Kier alpha value is -2.71. The topological polar surface area (TPSA) is 75.4 Å². The summed E-state index contributed by atoms with van der Waals surface area (Å²) in [6.45, 7) is 3.53. The van der Waals surface area contributed by atoms with Crippen molar-refractivity contribution in [2.75, 3.05) is 29.9 Å². The van der Waals surface area contributed by atoms with Gasteiger partial charge in [-0.25, -0.2) is 0 Å². The number of amides is 2. The number of nitrogens with one attached hydrogen (secondary N) is 1. The van der Waals surface area contributed by atoms with Crippen molar-refractivity contribution >= 4 is 41.0 Å². The molecule has 0 atom stereocenters. The third-order valence-corrected chi connectivity index (χ3v) is 7.15. The normalized spacial score (nSPS) is 13.7. The lowest BCUT2D eigenvalue weighted by Crippen LogP contribution is -2.38. The summed E-state index contributed by atoms with van der Waals surface area (Å²) in [4.78, 5) is 28.2. The minimum absolute atomic E-state index is 0.162. The molecule has 0 spiro atoms. The van der Waals surface area contributed by atoms with E-state index in [1.54, 1.807) is 0 Å². The smallest absolute Gasteiger partial charge is 0.256 e. The van der Waals surface area contributed by atoms with Crippen molar-refractivity contribution in [1.82, 2.24) is 10.1 Å². The van der Waals surface area contributed by atoms with E-state index in [4.69, 9.17) is 4.52 Å². The van der Waals surface area contributed by atoms with Gasteiger partial charge in [0, 0.05) is 41.2 Å². The van der Waals surface area contributed by atoms with E-state index in [0.717, 1.165) is 46.5 Å². The summed E-state index contributed by atoms with van der Waals surface area (Å²) in [5, 5.41) is 6.86. The van der Waals surface area contributed by atoms with Crippen molar-refractivity contribution in [2.24, 2.45) is 0 Å². The van der Waals surface area contributed by atoms with Crippen LogP contribution in [0.4, 0.5) is 5.69 Å². The summed E-state index contributed by atoms with van der Waals surface area (Å²) >= 11 is 3.43. The van der Waals surface area contributed by atoms with Crippen LogP contribution in [0.15, 0.2) is 64.0 Å². The van der Waals surface area contributed by atoms with E-state index in [2.05, 4.69) is 10.5 Å². The lowest BCUT2D eigenvalue weighted by molar-refractivity contribution is -0.130. The monoisotopic (exact) mass is 467 g/mol. The Bertz CT molecular complexity index is 1080. The van der Waals surface area contributed by atoms with Crippen molar-refractivity contribution in [3.8, 4) is 0 Å². The maximum Gasteiger partial charge on any atom is 0.256 e. The molecule has 0 aliphatic carbocycles. The average Bonchev–Trinajstić information content (AvgIpc) is 3.24. The molecule has 0 unspecified atom stereocenters. The first-order valence-corrected chi connectivity index (χ1v) is 12.6. The number of rotatable bonds is 7. The Labute approximate surface area is 196 Å². The van der Waals surface area contributed by atoms with Crippen LogP contribution >= 0.6 is 23.5 Å². The molecular weight excluding hydrogens is 442 g/mol. The molecule has 1 saturated heterocycles. The molecule has 8 heteroatoms. The zero-order valence-electron chi connectivity index (χ0n) is 17.9. The van der Waals surface area contributed by atoms with Gasteiger partial charge in [0.15, 0.2) is 0 Å². The highest BCUT2D eigenvalue weighted by Crippen LogP contribution is 2.27. The molecular formula is C24H25N3O3S2. The summed E-state index contributed by atoms with van der Waals surface area (Å²) in [5.41, 5.74) is 3.10. The van der Waals surface area contributed by atoms with Crippen molar-refractivity contribution in [3.05, 3.63) is 77.2 Å². The van der Waals surface area contributed by atoms with Gasteiger partial charge in [0.1, 0.15) is 5.76 Å². The van der Waals surface area contributed by atoms with Gasteiger partial charge in [0.25, 0.3) is 5.91 Å². The lowest BCUT2D eigenvalue weighted by atomic mass is 10.1. The molecule has 1 fully saturated rings. The maximum atomic E-state index is 12.9. The number of benzene rings is 2. The van der Waals surface area contributed by atoms with Gasteiger partial charge >= 0.3 is 0 Å². The molecule has 1 N–H and O–H groups in total. The quantitative estimate of drug-likeness (QED) is 0.510. The molecule has 1 aliphatic rings. The molecule has 0 saturated carbocycles. The molecule has 2 amide bonds. The summed E-state index contributed by atoms with van der Waals surface area (Å²) in [7, 11) is 0. The number of hydrogen-bond acceptors (Lipinski definition) is 6. The zero-order valence-corrected chi connectivity index (χ0v) is 19.5. The number of anilines is 1. The van der Waals surface area contributed by atoms with E-state index in [1.165, 1.54) is 11.8 Å². The average molecular weight is 468 g/mol. The number of hydrogen-bond donors (Lipinski definition) is 1. The third kappa shape index (κ3) is 5.95. The Morgan fingerprint density at radius 1 is 1.12 bits per heavy atom. The SMILES string of the molecule is Cc1cc(CSc2ccccc2C(=O)Nc2ccc(CC(=O)N3CCSCC3)cc2)on1. The van der Waals surface area contributed by atoms with Crippen LogP contribution in [0.25, 0.3) is 0 Å². The van der Waals surface area contributed by atoms with E-state index >= 15 is 0 Å². The second-order valence-electron chi connectivity index (χ2n) is 7.54. The van der Waals surface area contributed by atoms with Crippen LogP contribution in [-0.4, -0.2) is 46.5 Å². The molecule has 0 radical (unpaired) electrons. The molecule has 32 heavy (non-hydrogen) atoms. The minimum Gasteiger partial charge on any atom is -0.360 e. The Morgan fingerprint density at radius 3 is 2.59 bits per heavy atom. The van der Waals surface area contributed by atoms with Crippen LogP contribution in [0.5, 0.6) is 0 Å². The van der Waals surface area contributed by atoms with Gasteiger partial charge < -0.3 is 14.7 Å². The first kappa shape index (κ1) is 22.5. The lowest BCUT2D eigenvalue weighted by Gasteiger charge is -2.26. The second kappa shape index (κ2) is 10.7. The maximum absolute atomic E-state index is 12.9. The minimum atomic E-state index is -0.170. The summed E-state index contributed by atoms with van der Waals surface area (Å²) in [6.07, 6.45) is 0.388. The van der Waals surface area contributed by atoms with Crippen LogP contribution in [0, 0.1) is 6.92 Å². The zero-order chi connectivity index (χ0) is 22.3. The summed E-state index contributed by atoms with van der Waals surface area (Å²) < 4.78 is 5.26. The summed E-state index contributed by atoms with van der Waals surface area (Å²) in [5.74, 6) is 3.38. The standard InChI is InChI=1S/C24H25N3O3S2/c1-17-14-20(30-26-17)16-32-22-5-3-2-4-21(22)24(29)25-19-8-6-18(7-9-19)15-23(28)27-10-12-31-13-11-27/h2-9,14H,10-13,15-16H2,1H3,(H,25,29). The van der Waals surface area contributed by atoms with E-state index in [9.17, 15) is 9.59 Å². The highest BCUT2D eigenvalue weighted by molar-refractivity contribution is 7.99. The van der Waals surface area contributed by atoms with Gasteiger partial charge in [-0.15, -0.1) is 11.8 Å². The first-order valence-electron chi connectivity index (χ1n) is 10.5. The molecule has 4 rings (SSSR count). The molecule has 1 aromatic heterocycles. The van der Waals surface area contributed by atoms with E-state index < -0.39 is 0 Å². The molecule has 3 aromatic rings. The molecule has 2 heterocycles. The van der Waals surface area contributed by atoms with Crippen LogP contribution in [-0.2, 0) is 17.0 Å². The van der Waals surface area contributed by atoms with Gasteiger partial charge in [-0.1, -0.05) is 29.4 Å². The number of thioether (sulfide) groups is 2. The Kier molecular flexibility index (Phi) is 7.55. The van der Waals surface area contributed by atoms with Crippen LogP contribution in [0.1, 0.15) is 27.4 Å². The van der Waals surface area contributed by atoms with Gasteiger partial charge in [-0.2, -0.15) is 11.8 Å². The molecule has 2 aromatic carbocycles. The highest BCUT2D eigenvalue weighted by atomic mass is 32.2. The number of nitrogens with zero attached hydrogens (tertiary/aromatic N) is 2. The van der Waals surface area contributed by atoms with Gasteiger partial charge in [-0.3, -0.25) is 9.59 Å². The van der Waals surface area contributed by atoms with Crippen LogP contribution in [0.2, 0.25) is 0 Å². The fourth-order valence-corrected chi connectivity index (χ4v) is 5.24. The van der Waals surface area contributed by atoms with Crippen molar-refractivity contribution in [2.45, 2.75) is 24.0 Å². The fourth-order valence-electron chi connectivity index (χ4n) is 3.42. The molecule has 6 nitrogen and oxygen atoms in total. The largest absolute Gasteiger partial charge is 0.360 e. The molecule has 0 bridgehead atoms. The predicted octanol–water partition coefficient (Wildman–Crippen LogP) is 4.65. The van der Waals surface area contributed by atoms with E-state index in [0.29, 0.717) is 23.4 Å². The number of aryl methyl sites for hydroxylation is 1.